The lowest BCUT2D eigenvalue weighted by atomic mass is 9.88. The zero-order chi connectivity index (χ0) is 14.7. The molecule has 2 aromatic heterocycles. The number of fused-ring (bicyclic) bond motifs is 3. The SMILES string of the molecule is Cc1cc2ncc3c(n2n1)[C@](C)(C(F)(F)F)CN3C=O. The first kappa shape index (κ1) is 12.9. The van der Waals surface area contributed by atoms with Crippen LogP contribution in [0.4, 0.5) is 18.9 Å². The third-order valence-electron chi connectivity index (χ3n) is 3.66. The van der Waals surface area contributed by atoms with E-state index in [1.807, 2.05) is 0 Å². The molecule has 0 saturated carbocycles. The average Bonchev–Trinajstić information content (AvgIpc) is 2.86. The number of carbonyl (C=O) groups excluding carboxylic acids is 1. The van der Waals surface area contributed by atoms with Crippen LogP contribution in [-0.2, 0) is 10.2 Å². The topological polar surface area (TPSA) is 50.5 Å². The van der Waals surface area contributed by atoms with Gasteiger partial charge in [-0.3, -0.25) is 4.79 Å². The van der Waals surface area contributed by atoms with E-state index in [2.05, 4.69) is 10.1 Å². The first-order valence-corrected chi connectivity index (χ1v) is 5.92. The molecular weight excluding hydrogens is 273 g/mol. The Labute approximate surface area is 112 Å². The number of nitrogens with zero attached hydrogens (tertiary/aromatic N) is 4. The summed E-state index contributed by atoms with van der Waals surface area (Å²) in [6.45, 7) is 2.29. The Hall–Kier alpha value is -2.12. The molecule has 5 nitrogen and oxygen atoms in total. The van der Waals surface area contributed by atoms with Gasteiger partial charge in [0.1, 0.15) is 5.41 Å². The Morgan fingerprint density at radius 1 is 1.45 bits per heavy atom. The molecule has 20 heavy (non-hydrogen) atoms. The van der Waals surface area contributed by atoms with Gasteiger partial charge < -0.3 is 4.90 Å². The zero-order valence-electron chi connectivity index (χ0n) is 10.8. The van der Waals surface area contributed by atoms with Gasteiger partial charge in [0.15, 0.2) is 5.65 Å². The highest BCUT2D eigenvalue weighted by molar-refractivity contribution is 5.81. The molecule has 1 atom stereocenters. The van der Waals surface area contributed by atoms with Gasteiger partial charge in [-0.15, -0.1) is 0 Å². The maximum absolute atomic E-state index is 13.5. The van der Waals surface area contributed by atoms with Crippen molar-refractivity contribution in [2.45, 2.75) is 25.4 Å². The van der Waals surface area contributed by atoms with Gasteiger partial charge in [0.2, 0.25) is 6.41 Å². The van der Waals surface area contributed by atoms with E-state index in [0.717, 1.165) is 11.8 Å². The summed E-state index contributed by atoms with van der Waals surface area (Å²) in [4.78, 5) is 16.1. The standard InChI is InChI=1S/C12H11F3N4O/c1-7-3-9-16-4-8-10(19(9)17-7)11(2,12(13,14)15)5-18(8)6-20/h3-4,6H,5H2,1-2H3/t11-/m1/s1. The number of hydrogen-bond donors (Lipinski definition) is 0. The molecule has 1 aliphatic heterocycles. The number of alkyl halides is 3. The number of anilines is 1. The minimum absolute atomic E-state index is 0.0461. The fourth-order valence-electron chi connectivity index (χ4n) is 2.58. The Morgan fingerprint density at radius 3 is 2.75 bits per heavy atom. The van der Waals surface area contributed by atoms with Crippen molar-refractivity contribution >= 4 is 17.7 Å². The van der Waals surface area contributed by atoms with E-state index in [4.69, 9.17) is 0 Å². The lowest BCUT2D eigenvalue weighted by Crippen LogP contribution is -2.44. The van der Waals surface area contributed by atoms with Gasteiger partial charge in [-0.25, -0.2) is 9.50 Å². The summed E-state index contributed by atoms with van der Waals surface area (Å²) in [5.41, 5.74) is -1.15. The Kier molecular flexibility index (Phi) is 2.39. The molecule has 0 saturated heterocycles. The zero-order valence-corrected chi connectivity index (χ0v) is 10.8. The second kappa shape index (κ2) is 3.71. The number of aromatic nitrogens is 3. The molecule has 0 fully saturated rings. The number of hydrogen-bond acceptors (Lipinski definition) is 3. The van der Waals surface area contributed by atoms with E-state index >= 15 is 0 Å². The van der Waals surface area contributed by atoms with Crippen molar-refractivity contribution in [2.75, 3.05) is 11.4 Å². The molecule has 0 spiro atoms. The summed E-state index contributed by atoms with van der Waals surface area (Å²) in [6.07, 6.45) is -2.81. The van der Waals surface area contributed by atoms with Gasteiger partial charge in [0, 0.05) is 12.6 Å². The van der Waals surface area contributed by atoms with Crippen LogP contribution in [0.1, 0.15) is 18.3 Å². The molecule has 0 unspecified atom stereocenters. The number of aryl methyl sites for hydroxylation is 1. The number of rotatable bonds is 1. The summed E-state index contributed by atoms with van der Waals surface area (Å²) >= 11 is 0. The first-order valence-electron chi connectivity index (χ1n) is 5.92. The summed E-state index contributed by atoms with van der Waals surface area (Å²) in [5.74, 6) is 0. The van der Waals surface area contributed by atoms with Gasteiger partial charge >= 0.3 is 6.18 Å². The molecule has 106 valence electrons. The van der Waals surface area contributed by atoms with Crippen molar-refractivity contribution in [3.05, 3.63) is 23.7 Å². The Morgan fingerprint density at radius 2 is 2.15 bits per heavy atom. The third-order valence-corrected chi connectivity index (χ3v) is 3.66. The van der Waals surface area contributed by atoms with E-state index in [-0.39, 0.29) is 11.4 Å². The maximum Gasteiger partial charge on any atom is 0.401 e. The van der Waals surface area contributed by atoms with Crippen LogP contribution in [0.25, 0.3) is 5.65 Å². The van der Waals surface area contributed by atoms with Crippen LogP contribution in [0.2, 0.25) is 0 Å². The summed E-state index contributed by atoms with van der Waals surface area (Å²) in [5, 5.41) is 4.07. The van der Waals surface area contributed by atoms with Crippen LogP contribution in [0.5, 0.6) is 0 Å². The summed E-state index contributed by atoms with van der Waals surface area (Å²) in [7, 11) is 0. The van der Waals surface area contributed by atoms with Crippen LogP contribution in [-0.4, -0.2) is 33.7 Å². The fraction of sp³-hybridized carbons (Fsp3) is 0.417. The van der Waals surface area contributed by atoms with Crippen LogP contribution >= 0.6 is 0 Å². The molecule has 3 heterocycles. The first-order chi connectivity index (χ1) is 9.28. The minimum atomic E-state index is -4.49. The van der Waals surface area contributed by atoms with Crippen molar-refractivity contribution < 1.29 is 18.0 Å². The molecule has 2 aromatic rings. The van der Waals surface area contributed by atoms with Crippen molar-refractivity contribution in [3.8, 4) is 0 Å². The molecule has 0 bridgehead atoms. The molecule has 0 aromatic carbocycles. The van der Waals surface area contributed by atoms with E-state index in [1.54, 1.807) is 13.0 Å². The second-order valence-corrected chi connectivity index (χ2v) is 5.11. The summed E-state index contributed by atoms with van der Waals surface area (Å²) in [6, 6.07) is 1.60. The molecule has 1 aliphatic rings. The highest BCUT2D eigenvalue weighted by atomic mass is 19.4. The predicted octanol–water partition coefficient (Wildman–Crippen LogP) is 1.83. The van der Waals surface area contributed by atoms with Crippen molar-refractivity contribution in [3.63, 3.8) is 0 Å². The van der Waals surface area contributed by atoms with Gasteiger partial charge in [-0.1, -0.05) is 0 Å². The van der Waals surface area contributed by atoms with Gasteiger partial charge in [0.25, 0.3) is 0 Å². The molecule has 1 amide bonds. The third kappa shape index (κ3) is 1.47. The molecule has 0 radical (unpaired) electrons. The van der Waals surface area contributed by atoms with Crippen LogP contribution in [0.3, 0.4) is 0 Å². The number of halogens is 3. The quantitative estimate of drug-likeness (QED) is 0.751. The lowest BCUT2D eigenvalue weighted by Gasteiger charge is -2.27. The van der Waals surface area contributed by atoms with Gasteiger partial charge in [-0.2, -0.15) is 18.3 Å². The van der Waals surface area contributed by atoms with Crippen LogP contribution < -0.4 is 4.90 Å². The van der Waals surface area contributed by atoms with Crippen LogP contribution in [0.15, 0.2) is 12.3 Å². The van der Waals surface area contributed by atoms with Crippen molar-refractivity contribution in [1.29, 1.82) is 0 Å². The molecular formula is C12H11F3N4O. The Balaban J connectivity index is 2.38. The van der Waals surface area contributed by atoms with E-state index < -0.39 is 18.1 Å². The van der Waals surface area contributed by atoms with E-state index in [9.17, 15) is 18.0 Å². The van der Waals surface area contributed by atoms with Gasteiger partial charge in [0.05, 0.1) is 23.3 Å². The molecule has 3 rings (SSSR count). The molecule has 0 N–H and O–H groups in total. The number of amides is 1. The Bertz CT molecular complexity index is 709. The maximum atomic E-state index is 13.5. The smallest absolute Gasteiger partial charge is 0.311 e. The average molecular weight is 284 g/mol. The van der Waals surface area contributed by atoms with E-state index in [1.165, 1.54) is 10.7 Å². The normalized spacial score (nSPS) is 22.4. The van der Waals surface area contributed by atoms with E-state index in [0.29, 0.717) is 17.8 Å². The highest BCUT2D eigenvalue weighted by Crippen LogP contribution is 2.49. The van der Waals surface area contributed by atoms with Crippen LogP contribution in [0, 0.1) is 6.92 Å². The monoisotopic (exact) mass is 284 g/mol. The summed E-state index contributed by atoms with van der Waals surface area (Å²) < 4.78 is 41.6. The number of carbonyl (C=O) groups is 1. The largest absolute Gasteiger partial charge is 0.401 e. The highest BCUT2D eigenvalue weighted by Gasteiger charge is 2.59. The predicted molar refractivity (Wildman–Crippen MR) is 64.5 cm³/mol. The second-order valence-electron chi connectivity index (χ2n) is 5.11. The van der Waals surface area contributed by atoms with Crippen molar-refractivity contribution in [1.82, 2.24) is 14.6 Å². The van der Waals surface area contributed by atoms with Gasteiger partial charge in [-0.05, 0) is 13.8 Å². The molecule has 8 heteroatoms. The fourth-order valence-corrected chi connectivity index (χ4v) is 2.58. The van der Waals surface area contributed by atoms with Crippen molar-refractivity contribution in [2.24, 2.45) is 0 Å². The minimum Gasteiger partial charge on any atom is -0.311 e. The lowest BCUT2D eigenvalue weighted by molar-refractivity contribution is -0.181. The molecule has 0 aliphatic carbocycles.